The molecule has 0 aliphatic carbocycles. The zero-order valence-corrected chi connectivity index (χ0v) is 15.4. The minimum Gasteiger partial charge on any atom is -0.491 e. The maximum atomic E-state index is 13.3. The lowest BCUT2D eigenvalue weighted by Gasteiger charge is -2.36. The van der Waals surface area contributed by atoms with Crippen LogP contribution in [0, 0.1) is 5.92 Å². The van der Waals surface area contributed by atoms with Gasteiger partial charge < -0.3 is 19.3 Å². The molecule has 1 saturated heterocycles. The summed E-state index contributed by atoms with van der Waals surface area (Å²) in [6.45, 7) is 5.02. The quantitative estimate of drug-likeness (QED) is 0.594. The highest BCUT2D eigenvalue weighted by atomic mass is 16.5. The molecule has 2 aliphatic heterocycles. The molecule has 0 radical (unpaired) electrons. The van der Waals surface area contributed by atoms with Crippen molar-refractivity contribution in [3.63, 3.8) is 0 Å². The molecule has 1 fully saturated rings. The van der Waals surface area contributed by atoms with Crippen molar-refractivity contribution in [2.45, 2.75) is 18.9 Å². The second kappa shape index (κ2) is 8.24. The maximum absolute atomic E-state index is 13.3. The zero-order chi connectivity index (χ0) is 19.4. The Morgan fingerprint density at radius 1 is 1.26 bits per heavy atom. The Morgan fingerprint density at radius 3 is 2.78 bits per heavy atom. The van der Waals surface area contributed by atoms with Gasteiger partial charge in [0.05, 0.1) is 19.6 Å². The smallest absolute Gasteiger partial charge is 0.333 e. The Kier molecular flexibility index (Phi) is 5.78. The number of para-hydroxylation sites is 1. The molecular formula is C20H24N2O5. The van der Waals surface area contributed by atoms with Gasteiger partial charge in [0.15, 0.2) is 6.04 Å². The highest BCUT2D eigenvalue weighted by molar-refractivity contribution is 5.90. The highest BCUT2D eigenvalue weighted by Gasteiger charge is 2.40. The highest BCUT2D eigenvalue weighted by Crippen LogP contribution is 2.34. The van der Waals surface area contributed by atoms with Gasteiger partial charge in [0.2, 0.25) is 11.8 Å². The number of piperidine rings is 1. The molecule has 0 saturated carbocycles. The van der Waals surface area contributed by atoms with Crippen LogP contribution in [0.15, 0.2) is 36.9 Å². The van der Waals surface area contributed by atoms with E-state index in [0.717, 1.165) is 6.42 Å². The molecule has 27 heavy (non-hydrogen) atoms. The number of carbonyl (C=O) groups excluding carboxylic acids is 3. The lowest BCUT2D eigenvalue weighted by Crippen LogP contribution is -2.49. The van der Waals surface area contributed by atoms with Crippen molar-refractivity contribution in [3.8, 4) is 5.75 Å². The summed E-state index contributed by atoms with van der Waals surface area (Å²) in [4.78, 5) is 41.0. The predicted molar refractivity (Wildman–Crippen MR) is 97.9 cm³/mol. The molecule has 3 rings (SSSR count). The van der Waals surface area contributed by atoms with Crippen molar-refractivity contribution in [1.29, 1.82) is 0 Å². The number of methoxy groups -OCH3 is 1. The van der Waals surface area contributed by atoms with Crippen LogP contribution >= 0.6 is 0 Å². The number of esters is 1. The lowest BCUT2D eigenvalue weighted by atomic mass is 9.94. The van der Waals surface area contributed by atoms with Gasteiger partial charge in [0, 0.05) is 18.7 Å². The summed E-state index contributed by atoms with van der Waals surface area (Å²) < 4.78 is 10.7. The van der Waals surface area contributed by atoms with E-state index < -0.39 is 12.0 Å². The van der Waals surface area contributed by atoms with Crippen molar-refractivity contribution >= 4 is 17.8 Å². The van der Waals surface area contributed by atoms with Crippen LogP contribution in [0.2, 0.25) is 0 Å². The van der Waals surface area contributed by atoms with E-state index in [9.17, 15) is 14.4 Å². The fraction of sp³-hybridized carbons (Fsp3) is 0.450. The molecule has 7 heteroatoms. The van der Waals surface area contributed by atoms with E-state index in [-0.39, 0.29) is 30.9 Å². The molecule has 2 atom stereocenters. The van der Waals surface area contributed by atoms with E-state index in [4.69, 9.17) is 9.47 Å². The van der Waals surface area contributed by atoms with Gasteiger partial charge in [-0.3, -0.25) is 9.59 Å². The first kappa shape index (κ1) is 18.9. The van der Waals surface area contributed by atoms with Crippen LogP contribution in [-0.2, 0) is 19.1 Å². The standard InChI is InChI=1S/C20H24N2O5/c1-3-17(23)21-10-6-7-14(13-21)19(24)22-11-12-27-16-9-5-4-8-15(16)18(22)20(25)26-2/h3-5,8-9,14,18H,1,6-7,10-13H2,2H3. The van der Waals surface area contributed by atoms with Gasteiger partial charge in [-0.25, -0.2) is 4.79 Å². The normalized spacial score (nSPS) is 22.1. The Hall–Kier alpha value is -2.83. The second-order valence-corrected chi connectivity index (χ2v) is 6.67. The summed E-state index contributed by atoms with van der Waals surface area (Å²) in [5, 5.41) is 0. The van der Waals surface area contributed by atoms with Crippen LogP contribution in [-0.4, -0.2) is 60.9 Å². The van der Waals surface area contributed by atoms with Gasteiger partial charge >= 0.3 is 5.97 Å². The zero-order valence-electron chi connectivity index (χ0n) is 15.4. The average Bonchev–Trinajstić information content (AvgIpc) is 2.91. The largest absolute Gasteiger partial charge is 0.491 e. The molecule has 2 aliphatic rings. The third-order valence-electron chi connectivity index (χ3n) is 5.08. The van der Waals surface area contributed by atoms with E-state index in [0.29, 0.717) is 30.8 Å². The first-order chi connectivity index (χ1) is 13.1. The van der Waals surface area contributed by atoms with Gasteiger partial charge in [-0.05, 0) is 25.0 Å². The summed E-state index contributed by atoms with van der Waals surface area (Å²) in [5.74, 6) is -0.625. The lowest BCUT2D eigenvalue weighted by molar-refractivity contribution is -0.156. The number of carbonyl (C=O) groups is 3. The molecule has 0 spiro atoms. The molecule has 0 N–H and O–H groups in total. The summed E-state index contributed by atoms with van der Waals surface area (Å²) in [7, 11) is 1.31. The number of benzene rings is 1. The molecule has 0 aromatic heterocycles. The monoisotopic (exact) mass is 372 g/mol. The van der Waals surface area contributed by atoms with Gasteiger partial charge in [-0.15, -0.1) is 0 Å². The van der Waals surface area contributed by atoms with E-state index in [1.54, 1.807) is 23.1 Å². The van der Waals surface area contributed by atoms with Crippen LogP contribution in [0.4, 0.5) is 0 Å². The number of nitrogens with zero attached hydrogens (tertiary/aromatic N) is 2. The first-order valence-electron chi connectivity index (χ1n) is 9.08. The Labute approximate surface area is 158 Å². The molecule has 1 aromatic rings. The maximum Gasteiger partial charge on any atom is 0.333 e. The average molecular weight is 372 g/mol. The van der Waals surface area contributed by atoms with Crippen molar-refractivity contribution < 1.29 is 23.9 Å². The van der Waals surface area contributed by atoms with Gasteiger partial charge in [0.25, 0.3) is 0 Å². The number of hydrogen-bond donors (Lipinski definition) is 0. The summed E-state index contributed by atoms with van der Waals surface area (Å²) >= 11 is 0. The number of fused-ring (bicyclic) bond motifs is 1. The molecule has 1 aromatic carbocycles. The van der Waals surface area contributed by atoms with E-state index in [1.807, 2.05) is 6.07 Å². The topological polar surface area (TPSA) is 76.2 Å². The molecule has 7 nitrogen and oxygen atoms in total. The Balaban J connectivity index is 1.89. The number of likely N-dealkylation sites (tertiary alicyclic amines) is 1. The summed E-state index contributed by atoms with van der Waals surface area (Å²) in [5.41, 5.74) is 0.616. The van der Waals surface area contributed by atoms with Crippen molar-refractivity contribution in [1.82, 2.24) is 9.80 Å². The van der Waals surface area contributed by atoms with Crippen LogP contribution in [0.25, 0.3) is 0 Å². The SMILES string of the molecule is C=CC(=O)N1CCCC(C(=O)N2CCOc3ccccc3C2C(=O)OC)C1. The van der Waals surface area contributed by atoms with Crippen molar-refractivity contribution in [2.75, 3.05) is 33.4 Å². The Morgan fingerprint density at radius 2 is 2.04 bits per heavy atom. The van der Waals surface area contributed by atoms with E-state index >= 15 is 0 Å². The fourth-order valence-electron chi connectivity index (χ4n) is 3.73. The molecule has 144 valence electrons. The predicted octanol–water partition coefficient (Wildman–Crippen LogP) is 1.55. The van der Waals surface area contributed by atoms with Crippen molar-refractivity contribution in [3.05, 3.63) is 42.5 Å². The second-order valence-electron chi connectivity index (χ2n) is 6.67. The first-order valence-corrected chi connectivity index (χ1v) is 9.08. The third-order valence-corrected chi connectivity index (χ3v) is 5.08. The van der Waals surface area contributed by atoms with Crippen LogP contribution in [0.5, 0.6) is 5.75 Å². The third kappa shape index (κ3) is 3.82. The molecule has 2 amide bonds. The van der Waals surface area contributed by atoms with E-state index in [2.05, 4.69) is 6.58 Å². The fourth-order valence-corrected chi connectivity index (χ4v) is 3.73. The summed E-state index contributed by atoms with van der Waals surface area (Å²) in [6.07, 6.45) is 2.67. The van der Waals surface area contributed by atoms with Gasteiger partial charge in [-0.2, -0.15) is 0 Å². The number of rotatable bonds is 3. The molecule has 2 heterocycles. The molecular weight excluding hydrogens is 348 g/mol. The number of ether oxygens (including phenoxy) is 2. The number of hydrogen-bond acceptors (Lipinski definition) is 5. The van der Waals surface area contributed by atoms with E-state index in [1.165, 1.54) is 18.1 Å². The van der Waals surface area contributed by atoms with Gasteiger partial charge in [0.1, 0.15) is 12.4 Å². The minimum atomic E-state index is -0.855. The van der Waals surface area contributed by atoms with Crippen LogP contribution in [0.1, 0.15) is 24.4 Å². The van der Waals surface area contributed by atoms with Crippen molar-refractivity contribution in [2.24, 2.45) is 5.92 Å². The Bertz CT molecular complexity index is 748. The van der Waals surface area contributed by atoms with Crippen LogP contribution in [0.3, 0.4) is 0 Å². The number of amides is 2. The minimum absolute atomic E-state index is 0.160. The van der Waals surface area contributed by atoms with Crippen LogP contribution < -0.4 is 4.74 Å². The molecule has 0 bridgehead atoms. The summed E-state index contributed by atoms with van der Waals surface area (Å²) in [6, 6.07) is 6.33. The van der Waals surface area contributed by atoms with Gasteiger partial charge in [-0.1, -0.05) is 24.8 Å². The molecule has 2 unspecified atom stereocenters.